The SMILES string of the molecule is CCNC(=NCCN1CCN(C(=O)C2CCCC2)CC1)N(C)Cc1ccccc1OC.I. The van der Waals surface area contributed by atoms with Gasteiger partial charge in [-0.25, -0.2) is 0 Å². The normalized spacial score (nSPS) is 17.7. The van der Waals surface area contributed by atoms with E-state index in [-0.39, 0.29) is 29.9 Å². The monoisotopic (exact) mass is 557 g/mol. The van der Waals surface area contributed by atoms with Crippen LogP contribution in [0.3, 0.4) is 0 Å². The predicted octanol–water partition coefficient (Wildman–Crippen LogP) is 3.04. The molecule has 2 aliphatic rings. The van der Waals surface area contributed by atoms with Crippen LogP contribution in [0.1, 0.15) is 38.2 Å². The van der Waals surface area contributed by atoms with Gasteiger partial charge in [-0.15, -0.1) is 24.0 Å². The number of nitrogens with zero attached hydrogens (tertiary/aromatic N) is 4. The second-order valence-corrected chi connectivity index (χ2v) is 8.55. The van der Waals surface area contributed by atoms with Gasteiger partial charge < -0.3 is 19.9 Å². The standard InChI is InChI=1S/C24H39N5O2.HI/c1-4-25-24(27(2)19-21-11-7-8-12-22(21)31-3)26-13-14-28-15-17-29(18-16-28)23(30)20-9-5-6-10-20;/h7-8,11-12,20H,4-6,9-10,13-19H2,1-3H3,(H,25,26);1H. The zero-order valence-corrected chi connectivity index (χ0v) is 22.2. The number of hydrogen-bond acceptors (Lipinski definition) is 4. The fraction of sp³-hybridized carbons (Fsp3) is 0.667. The molecule has 2 fully saturated rings. The quantitative estimate of drug-likeness (QED) is 0.303. The highest BCUT2D eigenvalue weighted by Gasteiger charge is 2.29. The molecule has 0 spiro atoms. The number of methoxy groups -OCH3 is 1. The van der Waals surface area contributed by atoms with Crippen LogP contribution in [0.15, 0.2) is 29.3 Å². The number of piperazine rings is 1. The average Bonchev–Trinajstić information content (AvgIpc) is 3.34. The molecule has 0 bridgehead atoms. The summed E-state index contributed by atoms with van der Waals surface area (Å²) >= 11 is 0. The summed E-state index contributed by atoms with van der Waals surface area (Å²) in [6.45, 7) is 8.92. The van der Waals surface area contributed by atoms with E-state index in [9.17, 15) is 4.79 Å². The summed E-state index contributed by atoms with van der Waals surface area (Å²) < 4.78 is 5.48. The Labute approximate surface area is 210 Å². The molecule has 8 heteroatoms. The molecule has 1 saturated heterocycles. The summed E-state index contributed by atoms with van der Waals surface area (Å²) in [5.74, 6) is 2.49. The molecule has 1 amide bonds. The molecule has 0 atom stereocenters. The number of aliphatic imine (C=N–C) groups is 1. The number of halogens is 1. The molecule has 1 heterocycles. The van der Waals surface area contributed by atoms with Gasteiger partial charge in [0.2, 0.25) is 5.91 Å². The minimum atomic E-state index is 0. The van der Waals surface area contributed by atoms with Crippen molar-refractivity contribution in [3.63, 3.8) is 0 Å². The summed E-state index contributed by atoms with van der Waals surface area (Å²) in [5, 5.41) is 3.39. The number of rotatable bonds is 8. The van der Waals surface area contributed by atoms with E-state index in [1.807, 2.05) is 18.2 Å². The minimum absolute atomic E-state index is 0. The summed E-state index contributed by atoms with van der Waals surface area (Å²) in [4.78, 5) is 24.1. The molecular formula is C24H40IN5O2. The minimum Gasteiger partial charge on any atom is -0.496 e. The van der Waals surface area contributed by atoms with E-state index in [0.717, 1.165) is 82.5 Å². The highest BCUT2D eigenvalue weighted by atomic mass is 127. The van der Waals surface area contributed by atoms with Crippen molar-refractivity contribution in [1.29, 1.82) is 0 Å². The van der Waals surface area contributed by atoms with Crippen LogP contribution in [0, 0.1) is 5.92 Å². The molecule has 180 valence electrons. The van der Waals surface area contributed by atoms with E-state index in [2.05, 4.69) is 40.1 Å². The number of para-hydroxylation sites is 1. The lowest BCUT2D eigenvalue weighted by molar-refractivity contribution is -0.137. The van der Waals surface area contributed by atoms with Gasteiger partial charge in [-0.2, -0.15) is 0 Å². The van der Waals surface area contributed by atoms with Gasteiger partial charge in [0.05, 0.1) is 13.7 Å². The van der Waals surface area contributed by atoms with Gasteiger partial charge >= 0.3 is 0 Å². The summed E-state index contributed by atoms with van der Waals surface area (Å²) in [7, 11) is 3.76. The molecule has 0 aromatic heterocycles. The third kappa shape index (κ3) is 7.50. The van der Waals surface area contributed by atoms with Crippen molar-refractivity contribution in [3.8, 4) is 5.75 Å². The molecule has 1 aliphatic carbocycles. The smallest absolute Gasteiger partial charge is 0.225 e. The molecule has 3 rings (SSSR count). The van der Waals surface area contributed by atoms with E-state index in [0.29, 0.717) is 5.91 Å². The lowest BCUT2D eigenvalue weighted by Crippen LogP contribution is -2.50. The molecule has 1 aliphatic heterocycles. The Morgan fingerprint density at radius 2 is 1.88 bits per heavy atom. The maximum absolute atomic E-state index is 12.6. The Bertz CT molecular complexity index is 731. The Hall–Kier alpha value is -1.55. The van der Waals surface area contributed by atoms with Crippen molar-refractivity contribution in [2.45, 2.75) is 39.2 Å². The highest BCUT2D eigenvalue weighted by molar-refractivity contribution is 14.0. The fourth-order valence-electron chi connectivity index (χ4n) is 4.55. The van der Waals surface area contributed by atoms with Gasteiger partial charge in [0.15, 0.2) is 5.96 Å². The van der Waals surface area contributed by atoms with Crippen LogP contribution in [-0.2, 0) is 11.3 Å². The molecule has 1 N–H and O–H groups in total. The first-order valence-corrected chi connectivity index (χ1v) is 11.7. The third-order valence-electron chi connectivity index (χ3n) is 6.36. The summed E-state index contributed by atoms with van der Waals surface area (Å²) in [5.41, 5.74) is 1.14. The first-order chi connectivity index (χ1) is 15.1. The van der Waals surface area contributed by atoms with Gasteiger partial charge in [0.25, 0.3) is 0 Å². The van der Waals surface area contributed by atoms with E-state index in [4.69, 9.17) is 9.73 Å². The zero-order valence-electron chi connectivity index (χ0n) is 19.9. The number of hydrogen-bond donors (Lipinski definition) is 1. The van der Waals surface area contributed by atoms with Crippen molar-refractivity contribution in [1.82, 2.24) is 20.0 Å². The van der Waals surface area contributed by atoms with Crippen molar-refractivity contribution in [2.75, 3.05) is 60.0 Å². The number of benzene rings is 1. The topological polar surface area (TPSA) is 60.4 Å². The summed E-state index contributed by atoms with van der Waals surface area (Å²) in [6.07, 6.45) is 4.61. The molecular weight excluding hydrogens is 517 g/mol. The molecule has 0 unspecified atom stereocenters. The van der Waals surface area contributed by atoms with Gasteiger partial charge in [0.1, 0.15) is 5.75 Å². The summed E-state index contributed by atoms with van der Waals surface area (Å²) in [6, 6.07) is 8.10. The zero-order chi connectivity index (χ0) is 22.1. The predicted molar refractivity (Wildman–Crippen MR) is 141 cm³/mol. The van der Waals surface area contributed by atoms with E-state index in [1.165, 1.54) is 12.8 Å². The molecule has 7 nitrogen and oxygen atoms in total. The van der Waals surface area contributed by atoms with Gasteiger partial charge in [0, 0.05) is 64.3 Å². The van der Waals surface area contributed by atoms with Crippen molar-refractivity contribution in [2.24, 2.45) is 10.9 Å². The van der Waals surface area contributed by atoms with E-state index >= 15 is 0 Å². The maximum atomic E-state index is 12.6. The van der Waals surface area contributed by atoms with Crippen LogP contribution in [0.5, 0.6) is 5.75 Å². The van der Waals surface area contributed by atoms with Crippen LogP contribution in [-0.4, -0.2) is 86.5 Å². The number of guanidine groups is 1. The van der Waals surface area contributed by atoms with E-state index < -0.39 is 0 Å². The fourth-order valence-corrected chi connectivity index (χ4v) is 4.55. The number of carbonyl (C=O) groups is 1. The lowest BCUT2D eigenvalue weighted by Gasteiger charge is -2.35. The second kappa shape index (κ2) is 13.9. The molecule has 0 radical (unpaired) electrons. The number of carbonyl (C=O) groups excluding carboxylic acids is 1. The van der Waals surface area contributed by atoms with Crippen LogP contribution >= 0.6 is 24.0 Å². The molecule has 32 heavy (non-hydrogen) atoms. The van der Waals surface area contributed by atoms with Crippen molar-refractivity contribution >= 4 is 35.8 Å². The van der Waals surface area contributed by atoms with Crippen molar-refractivity contribution in [3.05, 3.63) is 29.8 Å². The third-order valence-corrected chi connectivity index (χ3v) is 6.36. The van der Waals surface area contributed by atoms with E-state index in [1.54, 1.807) is 7.11 Å². The Balaban J connectivity index is 0.00000363. The largest absolute Gasteiger partial charge is 0.496 e. The Morgan fingerprint density at radius 1 is 1.19 bits per heavy atom. The highest BCUT2D eigenvalue weighted by Crippen LogP contribution is 2.27. The van der Waals surface area contributed by atoms with Gasteiger partial charge in [-0.1, -0.05) is 31.0 Å². The number of ether oxygens (including phenoxy) is 1. The van der Waals surface area contributed by atoms with Gasteiger partial charge in [-0.3, -0.25) is 14.7 Å². The first-order valence-electron chi connectivity index (χ1n) is 11.7. The van der Waals surface area contributed by atoms with Crippen LogP contribution in [0.2, 0.25) is 0 Å². The van der Waals surface area contributed by atoms with Crippen LogP contribution in [0.4, 0.5) is 0 Å². The van der Waals surface area contributed by atoms with Crippen LogP contribution < -0.4 is 10.1 Å². The first kappa shape index (κ1) is 26.7. The number of nitrogens with one attached hydrogen (secondary N) is 1. The molecule has 1 aromatic carbocycles. The molecule has 1 saturated carbocycles. The lowest BCUT2D eigenvalue weighted by atomic mass is 10.1. The van der Waals surface area contributed by atoms with Gasteiger partial charge in [-0.05, 0) is 25.8 Å². The second-order valence-electron chi connectivity index (χ2n) is 8.55. The number of amides is 1. The molecule has 1 aromatic rings. The average molecular weight is 558 g/mol. The Morgan fingerprint density at radius 3 is 2.53 bits per heavy atom. The van der Waals surface area contributed by atoms with Crippen LogP contribution in [0.25, 0.3) is 0 Å². The maximum Gasteiger partial charge on any atom is 0.225 e. The van der Waals surface area contributed by atoms with Crippen molar-refractivity contribution < 1.29 is 9.53 Å². The Kier molecular flexibility index (Phi) is 11.6.